The number of hydrogen-bond acceptors (Lipinski definition) is 10. The van der Waals surface area contributed by atoms with Crippen LogP contribution in [0.5, 0.6) is 17.4 Å². The fourth-order valence-electron chi connectivity index (χ4n) is 4.66. The van der Waals surface area contributed by atoms with Gasteiger partial charge < -0.3 is 29.6 Å². The molecule has 1 saturated heterocycles. The first-order valence-electron chi connectivity index (χ1n) is 13.4. The predicted molar refractivity (Wildman–Crippen MR) is 155 cm³/mol. The average Bonchev–Trinajstić information content (AvgIpc) is 3.49. The van der Waals surface area contributed by atoms with Crippen molar-refractivity contribution in [3.8, 4) is 17.4 Å². The third kappa shape index (κ3) is 7.14. The molecule has 0 aliphatic carbocycles. The Hall–Kier alpha value is -4.43. The van der Waals surface area contributed by atoms with E-state index >= 15 is 0 Å². The second-order valence-corrected chi connectivity index (χ2v) is 11.4. The summed E-state index contributed by atoms with van der Waals surface area (Å²) >= 11 is 1.32. The summed E-state index contributed by atoms with van der Waals surface area (Å²) in [6.07, 6.45) is 0.303. The highest BCUT2D eigenvalue weighted by Crippen LogP contribution is 2.42. The number of aryl methyl sites for hydroxylation is 1. The smallest absolute Gasteiger partial charge is 0.481 e. The zero-order valence-electron chi connectivity index (χ0n) is 23.8. The number of nitrogens with zero attached hydrogens (tertiary/aromatic N) is 3. The third-order valence-corrected chi connectivity index (χ3v) is 7.47. The van der Waals surface area contributed by atoms with Gasteiger partial charge in [0.1, 0.15) is 5.69 Å². The van der Waals surface area contributed by atoms with Crippen LogP contribution < -0.4 is 24.8 Å². The predicted octanol–water partition coefficient (Wildman–Crippen LogP) is 5.91. The average molecular weight is 614 g/mol. The summed E-state index contributed by atoms with van der Waals surface area (Å²) in [5, 5.41) is 6.00. The van der Waals surface area contributed by atoms with Crippen molar-refractivity contribution in [1.29, 1.82) is 0 Å². The minimum atomic E-state index is -3.78. The van der Waals surface area contributed by atoms with Gasteiger partial charge in [0.25, 0.3) is 11.8 Å². The molecule has 0 spiro atoms. The third-order valence-electron chi connectivity index (χ3n) is 6.48. The van der Waals surface area contributed by atoms with E-state index in [1.165, 1.54) is 61.5 Å². The molecule has 14 heteroatoms. The minimum absolute atomic E-state index is 0.0147. The Kier molecular flexibility index (Phi) is 8.69. The van der Waals surface area contributed by atoms with E-state index in [2.05, 4.69) is 48.9 Å². The summed E-state index contributed by atoms with van der Waals surface area (Å²) in [5.41, 5.74) is 1.04. The van der Waals surface area contributed by atoms with Crippen molar-refractivity contribution in [2.45, 2.75) is 33.5 Å². The summed E-state index contributed by atoms with van der Waals surface area (Å²) in [7, 11) is 1.37. The second kappa shape index (κ2) is 12.4. The number of hydrogen-bond donors (Lipinski definition) is 2. The topological polar surface area (TPSA) is 134 Å². The van der Waals surface area contributed by atoms with Gasteiger partial charge >= 0.3 is 6.29 Å². The number of halogens is 2. The van der Waals surface area contributed by atoms with Crippen LogP contribution in [0.3, 0.4) is 0 Å². The van der Waals surface area contributed by atoms with E-state index in [1.54, 1.807) is 6.07 Å². The summed E-state index contributed by atoms with van der Waals surface area (Å²) in [4.78, 5) is 38.7. The van der Waals surface area contributed by atoms with Crippen molar-refractivity contribution < 1.29 is 37.3 Å². The highest BCUT2D eigenvalue weighted by molar-refractivity contribution is 7.18. The molecule has 1 fully saturated rings. The van der Waals surface area contributed by atoms with Gasteiger partial charge in [-0.25, -0.2) is 15.0 Å². The Labute approximate surface area is 249 Å². The highest BCUT2D eigenvalue weighted by atomic mass is 32.1. The van der Waals surface area contributed by atoms with Crippen LogP contribution in [0.1, 0.15) is 46.1 Å². The van der Waals surface area contributed by atoms with Crippen molar-refractivity contribution in [3.63, 3.8) is 0 Å². The zero-order valence-corrected chi connectivity index (χ0v) is 24.6. The lowest BCUT2D eigenvalue weighted by Gasteiger charge is -2.23. The standard InChI is InChI=1S/C22H15F2N5O5S.C7H14O/c1-10-27-13-5-6-25-18(19(13)35-10)21(31)29-14-9-26-17(32-2)8-12(14)20(30)28-11-3-4-15-16(7-11)34-22(23,24)33-15;1-6-3-7(2)5-8-4-6/h3-9H,1-2H3,(H,28,30)(H,29,31);6-7H,3-5H2,1-2H3. The normalized spacial score (nSPS) is 18.4. The lowest BCUT2D eigenvalue weighted by Crippen LogP contribution is -2.25. The summed E-state index contributed by atoms with van der Waals surface area (Å²) in [6, 6.07) is 6.84. The number of alkyl halides is 2. The van der Waals surface area contributed by atoms with Crippen LogP contribution >= 0.6 is 11.3 Å². The van der Waals surface area contributed by atoms with E-state index < -0.39 is 18.1 Å². The number of benzene rings is 1. The quantitative estimate of drug-likeness (QED) is 0.282. The molecule has 226 valence electrons. The molecule has 11 nitrogen and oxygen atoms in total. The van der Waals surface area contributed by atoms with Crippen molar-refractivity contribution in [2.75, 3.05) is 31.0 Å². The molecule has 0 saturated carbocycles. The first-order chi connectivity index (χ1) is 20.5. The molecule has 2 aliphatic rings. The summed E-state index contributed by atoms with van der Waals surface area (Å²) in [5.74, 6) is 0.0884. The molecule has 2 N–H and O–H groups in total. The number of nitrogens with one attached hydrogen (secondary N) is 2. The van der Waals surface area contributed by atoms with Crippen molar-refractivity contribution >= 4 is 44.7 Å². The number of ether oxygens (including phenoxy) is 4. The minimum Gasteiger partial charge on any atom is -0.481 e. The Bertz CT molecular complexity index is 1660. The van der Waals surface area contributed by atoms with Crippen LogP contribution in [0, 0.1) is 18.8 Å². The van der Waals surface area contributed by atoms with Crippen LogP contribution in [0.4, 0.5) is 20.2 Å². The number of amides is 2. The van der Waals surface area contributed by atoms with Gasteiger partial charge in [-0.2, -0.15) is 0 Å². The molecule has 1 aromatic carbocycles. The van der Waals surface area contributed by atoms with Gasteiger partial charge in [0.05, 0.1) is 39.8 Å². The fourth-order valence-corrected chi connectivity index (χ4v) is 5.56. The van der Waals surface area contributed by atoms with Crippen LogP contribution in [-0.2, 0) is 4.74 Å². The molecule has 2 unspecified atom stereocenters. The Morgan fingerprint density at radius 2 is 1.77 bits per heavy atom. The number of thiazole rings is 1. The molecule has 2 amide bonds. The maximum absolute atomic E-state index is 13.3. The number of methoxy groups -OCH3 is 1. The molecule has 0 radical (unpaired) electrons. The number of pyridine rings is 2. The lowest BCUT2D eigenvalue weighted by molar-refractivity contribution is -0.286. The van der Waals surface area contributed by atoms with Gasteiger partial charge in [0.15, 0.2) is 11.5 Å². The molecule has 2 aliphatic heterocycles. The zero-order chi connectivity index (χ0) is 30.7. The van der Waals surface area contributed by atoms with E-state index in [0.717, 1.165) is 30.1 Å². The SMILES string of the molecule is CC1COCC(C)C1.COc1cc(C(=O)Nc2ccc3c(c2)OC(F)(F)O3)c(NC(=O)c2nccc3nc(C)sc23)cn1. The number of carbonyl (C=O) groups excluding carboxylic acids is 2. The van der Waals surface area contributed by atoms with E-state index in [-0.39, 0.29) is 40.0 Å². The van der Waals surface area contributed by atoms with Gasteiger partial charge in [0.2, 0.25) is 5.88 Å². The van der Waals surface area contributed by atoms with Gasteiger partial charge in [0, 0.05) is 37.2 Å². The fraction of sp³-hybridized carbons (Fsp3) is 0.345. The van der Waals surface area contributed by atoms with Gasteiger partial charge in [-0.05, 0) is 43.4 Å². The van der Waals surface area contributed by atoms with E-state index in [1.807, 2.05) is 6.92 Å². The number of rotatable bonds is 5. The molecule has 3 aromatic heterocycles. The number of aromatic nitrogens is 3. The molecule has 2 atom stereocenters. The van der Waals surface area contributed by atoms with E-state index in [0.29, 0.717) is 10.2 Å². The van der Waals surface area contributed by atoms with Gasteiger partial charge in [-0.15, -0.1) is 20.1 Å². The molecular formula is C29H29F2N5O6S. The summed E-state index contributed by atoms with van der Waals surface area (Å²) in [6.45, 7) is 8.26. The van der Waals surface area contributed by atoms with Crippen LogP contribution in [-0.4, -0.2) is 53.4 Å². The van der Waals surface area contributed by atoms with Crippen LogP contribution in [0.2, 0.25) is 0 Å². The maximum atomic E-state index is 13.3. The molecule has 4 aromatic rings. The van der Waals surface area contributed by atoms with E-state index in [9.17, 15) is 18.4 Å². The molecule has 5 heterocycles. The highest BCUT2D eigenvalue weighted by Gasteiger charge is 2.43. The van der Waals surface area contributed by atoms with Crippen molar-refractivity contribution in [1.82, 2.24) is 15.0 Å². The first kappa shape index (κ1) is 30.0. The Morgan fingerprint density at radius 3 is 2.47 bits per heavy atom. The van der Waals surface area contributed by atoms with Gasteiger partial charge in [-0.1, -0.05) is 13.8 Å². The lowest BCUT2D eigenvalue weighted by atomic mass is 9.96. The first-order valence-corrected chi connectivity index (χ1v) is 14.2. The molecular weight excluding hydrogens is 584 g/mol. The largest absolute Gasteiger partial charge is 0.586 e. The Balaban J connectivity index is 0.000000400. The van der Waals surface area contributed by atoms with Gasteiger partial charge in [-0.3, -0.25) is 9.59 Å². The molecule has 43 heavy (non-hydrogen) atoms. The van der Waals surface area contributed by atoms with Crippen LogP contribution in [0.15, 0.2) is 42.7 Å². The number of fused-ring (bicyclic) bond motifs is 2. The van der Waals surface area contributed by atoms with Crippen molar-refractivity contribution in [3.05, 3.63) is 59.0 Å². The monoisotopic (exact) mass is 613 g/mol. The second-order valence-electron chi connectivity index (χ2n) is 10.2. The maximum Gasteiger partial charge on any atom is 0.586 e. The van der Waals surface area contributed by atoms with E-state index in [4.69, 9.17) is 9.47 Å². The number of carbonyl (C=O) groups is 2. The Morgan fingerprint density at radius 1 is 1.02 bits per heavy atom. The number of anilines is 2. The molecule has 0 bridgehead atoms. The summed E-state index contributed by atoms with van der Waals surface area (Å²) < 4.78 is 46.4. The van der Waals surface area contributed by atoms with Crippen molar-refractivity contribution in [2.24, 2.45) is 11.8 Å². The van der Waals surface area contributed by atoms with Crippen LogP contribution in [0.25, 0.3) is 10.2 Å². The molecule has 6 rings (SSSR count).